The quantitative estimate of drug-likeness (QED) is 0.605. The highest BCUT2D eigenvalue weighted by atomic mass is 35.5. The van der Waals surface area contributed by atoms with Gasteiger partial charge in [0, 0.05) is 37.1 Å². The number of aromatic nitrogens is 1. The minimum atomic E-state index is -0.217. The molecule has 1 N–H and O–H groups in total. The summed E-state index contributed by atoms with van der Waals surface area (Å²) in [5, 5.41) is 1.57. The maximum absolute atomic E-state index is 12.9. The third-order valence-electron chi connectivity index (χ3n) is 6.21. The van der Waals surface area contributed by atoms with Crippen LogP contribution in [0.5, 0.6) is 0 Å². The van der Waals surface area contributed by atoms with E-state index in [0.29, 0.717) is 29.4 Å². The van der Waals surface area contributed by atoms with Gasteiger partial charge in [0.1, 0.15) is 11.8 Å². The number of nitrogens with one attached hydrogen (secondary N) is 1. The van der Waals surface area contributed by atoms with Crippen molar-refractivity contribution in [2.24, 2.45) is 0 Å². The Bertz CT molecular complexity index is 1130. The summed E-state index contributed by atoms with van der Waals surface area (Å²) >= 11 is 6.22. The average molecular weight is 438 g/mol. The first kappa shape index (κ1) is 20.1. The highest BCUT2D eigenvalue weighted by Crippen LogP contribution is 2.33. The molecule has 5 rings (SSSR count). The van der Waals surface area contributed by atoms with Crippen LogP contribution in [0.4, 0.5) is 0 Å². The van der Waals surface area contributed by atoms with Gasteiger partial charge < -0.3 is 14.6 Å². The molecule has 7 heteroatoms. The van der Waals surface area contributed by atoms with Gasteiger partial charge >= 0.3 is 5.97 Å². The molecule has 0 bridgehead atoms. The normalized spacial score (nSPS) is 18.9. The number of fused-ring (bicyclic) bond motifs is 2. The van der Waals surface area contributed by atoms with Gasteiger partial charge in [-0.25, -0.2) is 4.79 Å². The Labute approximate surface area is 185 Å². The van der Waals surface area contributed by atoms with Gasteiger partial charge in [-0.15, -0.1) is 0 Å². The summed E-state index contributed by atoms with van der Waals surface area (Å²) in [7, 11) is 0. The minimum absolute atomic E-state index is 0.0152. The lowest BCUT2D eigenvalue weighted by molar-refractivity contribution is 0.0353. The second-order valence-corrected chi connectivity index (χ2v) is 8.55. The molecule has 2 aromatic carbocycles. The fourth-order valence-electron chi connectivity index (χ4n) is 4.51. The molecule has 0 radical (unpaired) electrons. The number of rotatable bonds is 5. The van der Waals surface area contributed by atoms with E-state index in [1.807, 2.05) is 53.4 Å². The molecule has 0 spiro atoms. The SMILES string of the molecule is O=C1OC(CCCN2CCN(C(=O)c3cc4cccc(Cl)c4[nH]3)CC2)c2ccccc21. The summed E-state index contributed by atoms with van der Waals surface area (Å²) in [5.74, 6) is -0.201. The number of cyclic esters (lactones) is 1. The zero-order chi connectivity index (χ0) is 21.4. The molecule has 3 aromatic rings. The summed E-state index contributed by atoms with van der Waals surface area (Å²) in [6.45, 7) is 4.01. The molecule has 0 aliphatic carbocycles. The number of halogens is 1. The molecule has 0 saturated carbocycles. The first-order chi connectivity index (χ1) is 15.1. The van der Waals surface area contributed by atoms with Crippen molar-refractivity contribution in [3.63, 3.8) is 0 Å². The van der Waals surface area contributed by atoms with E-state index in [4.69, 9.17) is 16.3 Å². The van der Waals surface area contributed by atoms with E-state index in [9.17, 15) is 9.59 Å². The number of amides is 1. The fourth-order valence-corrected chi connectivity index (χ4v) is 4.74. The number of H-pyrrole nitrogens is 1. The lowest BCUT2D eigenvalue weighted by Gasteiger charge is -2.34. The van der Waals surface area contributed by atoms with E-state index in [-0.39, 0.29) is 18.0 Å². The van der Waals surface area contributed by atoms with Crippen molar-refractivity contribution in [3.05, 3.63) is 70.4 Å². The predicted octanol–water partition coefficient (Wildman–Crippen LogP) is 4.27. The van der Waals surface area contributed by atoms with Gasteiger partial charge in [0.05, 0.1) is 16.1 Å². The second kappa shape index (κ2) is 8.36. The molecule has 1 atom stereocenters. The van der Waals surface area contributed by atoms with Gasteiger partial charge in [0.25, 0.3) is 5.91 Å². The number of piperazine rings is 1. The average Bonchev–Trinajstić information content (AvgIpc) is 3.37. The summed E-state index contributed by atoms with van der Waals surface area (Å²) in [5.41, 5.74) is 3.08. The van der Waals surface area contributed by atoms with E-state index in [0.717, 1.165) is 48.9 Å². The van der Waals surface area contributed by atoms with Crippen LogP contribution in [0.1, 0.15) is 45.4 Å². The van der Waals surface area contributed by atoms with Crippen LogP contribution in [0, 0.1) is 0 Å². The van der Waals surface area contributed by atoms with Gasteiger partial charge in [0.2, 0.25) is 0 Å². The first-order valence-electron chi connectivity index (χ1n) is 10.7. The van der Waals surface area contributed by atoms with Crippen LogP contribution in [0.25, 0.3) is 10.9 Å². The van der Waals surface area contributed by atoms with Crippen molar-refractivity contribution in [2.45, 2.75) is 18.9 Å². The predicted molar refractivity (Wildman–Crippen MR) is 119 cm³/mol. The Balaban J connectivity index is 1.12. The maximum Gasteiger partial charge on any atom is 0.339 e. The molecule has 1 aromatic heterocycles. The molecule has 2 aliphatic heterocycles. The molecule has 1 fully saturated rings. The van der Waals surface area contributed by atoms with E-state index >= 15 is 0 Å². The third kappa shape index (κ3) is 3.93. The number of esters is 1. The van der Waals surface area contributed by atoms with E-state index < -0.39 is 0 Å². The van der Waals surface area contributed by atoms with E-state index in [1.54, 1.807) is 0 Å². The van der Waals surface area contributed by atoms with Gasteiger partial charge in [-0.1, -0.05) is 41.9 Å². The summed E-state index contributed by atoms with van der Waals surface area (Å²) in [6, 6.07) is 15.2. The Morgan fingerprint density at radius 3 is 2.71 bits per heavy atom. The first-order valence-corrected chi connectivity index (χ1v) is 11.1. The van der Waals surface area contributed by atoms with Crippen molar-refractivity contribution in [3.8, 4) is 0 Å². The molecular formula is C24H24ClN3O3. The summed E-state index contributed by atoms with van der Waals surface area (Å²) < 4.78 is 5.53. The third-order valence-corrected chi connectivity index (χ3v) is 6.53. The number of ether oxygens (including phenoxy) is 1. The minimum Gasteiger partial charge on any atom is -0.454 e. The van der Waals surface area contributed by atoms with Crippen LogP contribution in [-0.2, 0) is 4.74 Å². The molecular weight excluding hydrogens is 414 g/mol. The monoisotopic (exact) mass is 437 g/mol. The Morgan fingerprint density at radius 2 is 1.90 bits per heavy atom. The number of hydrogen-bond acceptors (Lipinski definition) is 4. The number of benzene rings is 2. The van der Waals surface area contributed by atoms with Gasteiger partial charge in [-0.2, -0.15) is 0 Å². The number of carbonyl (C=O) groups excluding carboxylic acids is 2. The van der Waals surface area contributed by atoms with Crippen molar-refractivity contribution >= 4 is 34.4 Å². The molecule has 2 aliphatic rings. The summed E-state index contributed by atoms with van der Waals surface area (Å²) in [6.07, 6.45) is 1.62. The fraction of sp³-hybridized carbons (Fsp3) is 0.333. The molecule has 1 amide bonds. The van der Waals surface area contributed by atoms with Crippen molar-refractivity contribution in [1.82, 2.24) is 14.8 Å². The van der Waals surface area contributed by atoms with Crippen molar-refractivity contribution in [1.29, 1.82) is 0 Å². The number of aromatic amines is 1. The zero-order valence-corrected chi connectivity index (χ0v) is 17.9. The molecule has 31 heavy (non-hydrogen) atoms. The smallest absolute Gasteiger partial charge is 0.339 e. The second-order valence-electron chi connectivity index (χ2n) is 8.14. The zero-order valence-electron chi connectivity index (χ0n) is 17.1. The van der Waals surface area contributed by atoms with E-state index in [1.165, 1.54) is 0 Å². The van der Waals surface area contributed by atoms with Crippen molar-refractivity contribution in [2.75, 3.05) is 32.7 Å². The number of carbonyl (C=O) groups is 2. The number of para-hydroxylation sites is 1. The lowest BCUT2D eigenvalue weighted by atomic mass is 10.0. The summed E-state index contributed by atoms with van der Waals surface area (Å²) in [4.78, 5) is 32.3. The number of nitrogens with zero attached hydrogens (tertiary/aromatic N) is 2. The van der Waals surface area contributed by atoms with Gasteiger partial charge in [-0.05, 0) is 37.6 Å². The Morgan fingerprint density at radius 1 is 1.10 bits per heavy atom. The number of hydrogen-bond donors (Lipinski definition) is 1. The highest BCUT2D eigenvalue weighted by molar-refractivity contribution is 6.35. The van der Waals surface area contributed by atoms with Gasteiger partial charge in [-0.3, -0.25) is 9.69 Å². The van der Waals surface area contributed by atoms with Crippen LogP contribution in [0.3, 0.4) is 0 Å². The topological polar surface area (TPSA) is 65.6 Å². The lowest BCUT2D eigenvalue weighted by Crippen LogP contribution is -2.48. The van der Waals surface area contributed by atoms with Crippen molar-refractivity contribution < 1.29 is 14.3 Å². The van der Waals surface area contributed by atoms with Gasteiger partial charge in [0.15, 0.2) is 0 Å². The van der Waals surface area contributed by atoms with Crippen LogP contribution in [0.2, 0.25) is 5.02 Å². The molecule has 3 heterocycles. The van der Waals surface area contributed by atoms with Crippen LogP contribution < -0.4 is 0 Å². The Hall–Kier alpha value is -2.83. The van der Waals surface area contributed by atoms with Crippen LogP contribution >= 0.6 is 11.6 Å². The highest BCUT2D eigenvalue weighted by Gasteiger charge is 2.30. The maximum atomic E-state index is 12.9. The Kier molecular flexibility index (Phi) is 5.42. The molecule has 6 nitrogen and oxygen atoms in total. The van der Waals surface area contributed by atoms with E-state index in [2.05, 4.69) is 9.88 Å². The molecule has 1 unspecified atom stereocenters. The standard InChI is InChI=1S/C24H24ClN3O3/c25-19-8-3-5-16-15-20(26-22(16)19)23(29)28-13-11-27(12-14-28)10-4-9-21-17-6-1-2-7-18(17)24(30)31-21/h1-3,5-8,15,21,26H,4,9-14H2. The van der Waals surface area contributed by atoms with Crippen LogP contribution in [0.15, 0.2) is 48.5 Å². The van der Waals surface area contributed by atoms with Crippen LogP contribution in [-0.4, -0.2) is 59.4 Å². The molecule has 1 saturated heterocycles. The largest absolute Gasteiger partial charge is 0.454 e. The molecule has 160 valence electrons.